The number of rotatable bonds is 4. The lowest BCUT2D eigenvalue weighted by Gasteiger charge is -2.28. The minimum atomic E-state index is -0.330. The number of hydrogen-bond donors (Lipinski definition) is 1. The molecule has 3 heterocycles. The minimum absolute atomic E-state index is 0.143. The Morgan fingerprint density at radius 2 is 2.19 bits per heavy atom. The predicted octanol–water partition coefficient (Wildman–Crippen LogP) is 2.44. The van der Waals surface area contributed by atoms with Crippen LogP contribution in [0.4, 0.5) is 5.69 Å². The van der Waals surface area contributed by atoms with Gasteiger partial charge in [0.1, 0.15) is 16.4 Å². The third kappa shape index (κ3) is 3.10. The minimum Gasteiger partial charge on any atom is -0.316 e. The summed E-state index contributed by atoms with van der Waals surface area (Å²) < 4.78 is 3.03. The molecule has 1 aromatic carbocycles. The Morgan fingerprint density at radius 3 is 2.92 bits per heavy atom. The van der Waals surface area contributed by atoms with E-state index in [4.69, 9.17) is 4.98 Å². The van der Waals surface area contributed by atoms with Gasteiger partial charge in [0.2, 0.25) is 0 Å². The highest BCUT2D eigenvalue weighted by molar-refractivity contribution is 7.18. The van der Waals surface area contributed by atoms with Crippen LogP contribution in [0.2, 0.25) is 0 Å². The van der Waals surface area contributed by atoms with E-state index in [2.05, 4.69) is 23.3 Å². The third-order valence-corrected chi connectivity index (χ3v) is 6.38. The summed E-state index contributed by atoms with van der Waals surface area (Å²) in [4.78, 5) is 17.1. The standard InChI is InChI=1S/C18H21N5O2S/c1-12-17(23(24)25)13(2)22(20-12)11-21-9-5-6-14(10-21)18-19-15-7-3-4-8-16(15)26-18/h3-4,7-8,14H,5-6,9-11H2,1-2H3/p+1/t14-/m1/s1. The first-order valence-corrected chi connectivity index (χ1v) is 9.72. The van der Waals surface area contributed by atoms with Gasteiger partial charge >= 0.3 is 5.69 Å². The van der Waals surface area contributed by atoms with Crippen LogP contribution in [0.1, 0.15) is 35.2 Å². The van der Waals surface area contributed by atoms with E-state index < -0.39 is 0 Å². The van der Waals surface area contributed by atoms with Crippen LogP contribution in [0.15, 0.2) is 24.3 Å². The van der Waals surface area contributed by atoms with E-state index in [0.717, 1.165) is 31.4 Å². The van der Waals surface area contributed by atoms with Crippen LogP contribution in [0.3, 0.4) is 0 Å². The second kappa shape index (κ2) is 6.77. The number of nitro groups is 1. The SMILES string of the molecule is Cc1nn(C[NH+]2CCC[C@@H](c3nc4ccccc4s3)C2)c(C)c1[N+](=O)[O-]. The Labute approximate surface area is 155 Å². The van der Waals surface area contributed by atoms with Crippen molar-refractivity contribution in [1.29, 1.82) is 0 Å². The fourth-order valence-electron chi connectivity index (χ4n) is 3.89. The number of aryl methyl sites for hydroxylation is 1. The Kier molecular flexibility index (Phi) is 4.46. The quantitative estimate of drug-likeness (QED) is 0.564. The number of aromatic nitrogens is 3. The van der Waals surface area contributed by atoms with Crippen molar-refractivity contribution in [2.24, 2.45) is 0 Å². The highest BCUT2D eigenvalue weighted by Gasteiger charge is 2.29. The Balaban J connectivity index is 1.52. The van der Waals surface area contributed by atoms with Gasteiger partial charge in [-0.25, -0.2) is 9.67 Å². The van der Waals surface area contributed by atoms with Crippen LogP contribution in [0.5, 0.6) is 0 Å². The molecule has 2 aromatic heterocycles. The molecule has 26 heavy (non-hydrogen) atoms. The molecule has 1 unspecified atom stereocenters. The molecule has 1 fully saturated rings. The normalized spacial score (nSPS) is 20.5. The fourth-order valence-corrected chi connectivity index (χ4v) is 4.99. The van der Waals surface area contributed by atoms with Gasteiger partial charge in [0, 0.05) is 0 Å². The number of para-hydroxylation sites is 1. The van der Waals surface area contributed by atoms with Gasteiger partial charge in [-0.3, -0.25) is 10.1 Å². The molecule has 4 rings (SSSR count). The van der Waals surface area contributed by atoms with Gasteiger partial charge in [0.25, 0.3) is 0 Å². The van der Waals surface area contributed by atoms with E-state index in [1.807, 2.05) is 6.07 Å². The molecule has 8 heteroatoms. The first-order valence-electron chi connectivity index (χ1n) is 8.90. The molecule has 0 aliphatic carbocycles. The number of fused-ring (bicyclic) bond motifs is 1. The van der Waals surface area contributed by atoms with E-state index in [0.29, 0.717) is 24.0 Å². The highest BCUT2D eigenvalue weighted by atomic mass is 32.1. The van der Waals surface area contributed by atoms with Crippen molar-refractivity contribution in [2.45, 2.75) is 39.3 Å². The monoisotopic (exact) mass is 372 g/mol. The number of nitrogens with one attached hydrogen (secondary N) is 1. The van der Waals surface area contributed by atoms with Gasteiger partial charge in [-0.15, -0.1) is 11.3 Å². The number of benzene rings is 1. The maximum absolute atomic E-state index is 11.2. The van der Waals surface area contributed by atoms with E-state index in [9.17, 15) is 10.1 Å². The van der Waals surface area contributed by atoms with Gasteiger partial charge in [-0.05, 0) is 38.8 Å². The molecule has 3 aromatic rings. The Morgan fingerprint density at radius 1 is 1.38 bits per heavy atom. The molecule has 0 amide bonds. The molecule has 1 aliphatic rings. The van der Waals surface area contributed by atoms with Crippen molar-refractivity contribution < 1.29 is 9.82 Å². The van der Waals surface area contributed by atoms with Gasteiger partial charge in [-0.2, -0.15) is 5.10 Å². The lowest BCUT2D eigenvalue weighted by atomic mass is 9.99. The van der Waals surface area contributed by atoms with Crippen molar-refractivity contribution in [2.75, 3.05) is 13.1 Å². The summed E-state index contributed by atoms with van der Waals surface area (Å²) in [5.41, 5.74) is 2.35. The maximum atomic E-state index is 11.2. The molecule has 136 valence electrons. The zero-order chi connectivity index (χ0) is 18.3. The summed E-state index contributed by atoms with van der Waals surface area (Å²) in [7, 11) is 0. The number of piperidine rings is 1. The predicted molar refractivity (Wildman–Crippen MR) is 101 cm³/mol. The molecular formula is C18H22N5O2S+. The zero-order valence-electron chi connectivity index (χ0n) is 14.9. The van der Waals surface area contributed by atoms with E-state index >= 15 is 0 Å². The van der Waals surface area contributed by atoms with Crippen molar-refractivity contribution in [1.82, 2.24) is 14.8 Å². The number of thiazole rings is 1. The smallest absolute Gasteiger partial charge is 0.312 e. The van der Waals surface area contributed by atoms with Gasteiger partial charge in [-0.1, -0.05) is 12.1 Å². The third-order valence-electron chi connectivity index (χ3n) is 5.18. The van der Waals surface area contributed by atoms with Crippen molar-refractivity contribution in [3.63, 3.8) is 0 Å². The Hall–Kier alpha value is -2.32. The van der Waals surface area contributed by atoms with Crippen LogP contribution >= 0.6 is 11.3 Å². The molecule has 0 bridgehead atoms. The largest absolute Gasteiger partial charge is 0.316 e. The second-order valence-electron chi connectivity index (χ2n) is 7.00. The van der Waals surface area contributed by atoms with E-state index in [1.54, 1.807) is 29.9 Å². The van der Waals surface area contributed by atoms with Crippen molar-refractivity contribution in [3.05, 3.63) is 50.8 Å². The van der Waals surface area contributed by atoms with Crippen LogP contribution < -0.4 is 4.90 Å². The second-order valence-corrected chi connectivity index (χ2v) is 8.06. The molecule has 0 radical (unpaired) electrons. The maximum Gasteiger partial charge on any atom is 0.312 e. The highest BCUT2D eigenvalue weighted by Crippen LogP contribution is 2.30. The van der Waals surface area contributed by atoms with Gasteiger partial charge in [0.15, 0.2) is 6.67 Å². The topological polar surface area (TPSA) is 78.3 Å². The van der Waals surface area contributed by atoms with Crippen molar-refractivity contribution in [3.8, 4) is 0 Å². The molecule has 1 N–H and O–H groups in total. The summed E-state index contributed by atoms with van der Waals surface area (Å²) in [6, 6.07) is 8.27. The lowest BCUT2D eigenvalue weighted by Crippen LogP contribution is -3.12. The van der Waals surface area contributed by atoms with Gasteiger partial charge in [0.05, 0.1) is 34.1 Å². The van der Waals surface area contributed by atoms with Crippen LogP contribution in [0.25, 0.3) is 10.2 Å². The number of likely N-dealkylation sites (tertiary alicyclic amines) is 1. The summed E-state index contributed by atoms with van der Waals surface area (Å²) in [5.74, 6) is 0.447. The fraction of sp³-hybridized carbons (Fsp3) is 0.444. The van der Waals surface area contributed by atoms with Crippen LogP contribution in [-0.4, -0.2) is 32.8 Å². The molecule has 0 spiro atoms. The molecule has 1 aliphatic heterocycles. The van der Waals surface area contributed by atoms with Crippen LogP contribution in [-0.2, 0) is 6.67 Å². The summed E-state index contributed by atoms with van der Waals surface area (Å²) in [6.45, 7) is 6.21. The molecule has 0 saturated carbocycles. The van der Waals surface area contributed by atoms with Crippen molar-refractivity contribution >= 4 is 27.2 Å². The molecular weight excluding hydrogens is 350 g/mol. The van der Waals surface area contributed by atoms with E-state index in [1.165, 1.54) is 14.6 Å². The number of quaternary nitrogens is 1. The van der Waals surface area contributed by atoms with E-state index in [-0.39, 0.29) is 10.6 Å². The van der Waals surface area contributed by atoms with Crippen LogP contribution in [0, 0.1) is 24.0 Å². The molecule has 7 nitrogen and oxygen atoms in total. The van der Waals surface area contributed by atoms with Gasteiger partial charge < -0.3 is 4.90 Å². The molecule has 2 atom stereocenters. The number of hydrogen-bond acceptors (Lipinski definition) is 5. The molecule has 1 saturated heterocycles. The zero-order valence-corrected chi connectivity index (χ0v) is 15.8. The number of nitrogens with zero attached hydrogens (tertiary/aromatic N) is 4. The lowest BCUT2D eigenvalue weighted by molar-refractivity contribution is -0.929. The average Bonchev–Trinajstić information content (AvgIpc) is 3.16. The average molecular weight is 372 g/mol. The first-order chi connectivity index (χ1) is 12.5. The summed E-state index contributed by atoms with van der Waals surface area (Å²) >= 11 is 1.79. The Bertz CT molecular complexity index is 931. The summed E-state index contributed by atoms with van der Waals surface area (Å²) in [6.07, 6.45) is 2.29. The first kappa shape index (κ1) is 17.1. The summed E-state index contributed by atoms with van der Waals surface area (Å²) in [5, 5.41) is 16.8.